The summed E-state index contributed by atoms with van der Waals surface area (Å²) in [7, 11) is 0. The molecular weight excluding hydrogens is 208 g/mol. The van der Waals surface area contributed by atoms with Crippen molar-refractivity contribution in [3.8, 4) is 0 Å². The van der Waals surface area contributed by atoms with E-state index in [2.05, 4.69) is 5.32 Å². The molecule has 1 saturated heterocycles. The average molecular weight is 228 g/mol. The van der Waals surface area contributed by atoms with E-state index in [0.29, 0.717) is 13.1 Å². The molecule has 0 aliphatic carbocycles. The summed E-state index contributed by atoms with van der Waals surface area (Å²) < 4.78 is 0. The fourth-order valence-corrected chi connectivity index (χ4v) is 1.94. The average Bonchev–Trinajstić information content (AvgIpc) is 2.26. The Bertz CT molecular complexity index is 248. The molecule has 1 rings (SSSR count). The van der Waals surface area contributed by atoms with Gasteiger partial charge in [0.05, 0.1) is 6.54 Å². The van der Waals surface area contributed by atoms with Crippen molar-refractivity contribution in [3.05, 3.63) is 0 Å². The molecule has 1 aliphatic rings. The predicted molar refractivity (Wildman–Crippen MR) is 60.1 cm³/mol. The molecule has 2 N–H and O–H groups in total. The van der Waals surface area contributed by atoms with Gasteiger partial charge in [-0.3, -0.25) is 14.5 Å². The molecule has 16 heavy (non-hydrogen) atoms. The van der Waals surface area contributed by atoms with Crippen LogP contribution < -0.4 is 5.32 Å². The molecule has 0 bridgehead atoms. The summed E-state index contributed by atoms with van der Waals surface area (Å²) in [5.41, 5.74) is 0. The molecule has 5 heteroatoms. The Kier molecular flexibility index (Phi) is 5.25. The number of aliphatic carboxylic acids is 1. The fourth-order valence-electron chi connectivity index (χ4n) is 1.94. The van der Waals surface area contributed by atoms with Crippen LogP contribution in [-0.4, -0.2) is 48.1 Å². The summed E-state index contributed by atoms with van der Waals surface area (Å²) >= 11 is 0. The monoisotopic (exact) mass is 228 g/mol. The third-order valence-electron chi connectivity index (χ3n) is 2.87. The van der Waals surface area contributed by atoms with Gasteiger partial charge in [0.15, 0.2) is 0 Å². The Balaban J connectivity index is 2.25. The van der Waals surface area contributed by atoms with Gasteiger partial charge in [0, 0.05) is 12.5 Å². The van der Waals surface area contributed by atoms with Crippen LogP contribution in [0.15, 0.2) is 0 Å². The van der Waals surface area contributed by atoms with Crippen LogP contribution in [-0.2, 0) is 9.59 Å². The van der Waals surface area contributed by atoms with Gasteiger partial charge in [0.25, 0.3) is 0 Å². The van der Waals surface area contributed by atoms with E-state index < -0.39 is 5.97 Å². The molecule has 1 fully saturated rings. The second-order valence-corrected chi connectivity index (χ2v) is 4.24. The lowest BCUT2D eigenvalue weighted by Crippen LogP contribution is -2.42. The largest absolute Gasteiger partial charge is 0.480 e. The zero-order valence-corrected chi connectivity index (χ0v) is 9.74. The number of carbonyl (C=O) groups excluding carboxylic acids is 1. The van der Waals surface area contributed by atoms with E-state index in [0.717, 1.165) is 25.8 Å². The molecule has 0 unspecified atom stereocenters. The second-order valence-electron chi connectivity index (χ2n) is 4.24. The third kappa shape index (κ3) is 4.18. The normalized spacial score (nSPS) is 18.3. The van der Waals surface area contributed by atoms with Crippen molar-refractivity contribution in [2.75, 3.05) is 26.2 Å². The van der Waals surface area contributed by atoms with Crippen LogP contribution in [0, 0.1) is 5.92 Å². The van der Waals surface area contributed by atoms with Crippen LogP contribution in [0.4, 0.5) is 0 Å². The van der Waals surface area contributed by atoms with E-state index in [4.69, 9.17) is 5.11 Å². The van der Waals surface area contributed by atoms with Gasteiger partial charge in [0.1, 0.15) is 0 Å². The molecule has 0 atom stereocenters. The molecule has 0 aromatic heterocycles. The molecule has 0 aromatic rings. The number of rotatable bonds is 5. The first-order chi connectivity index (χ1) is 7.63. The molecule has 0 saturated carbocycles. The SMILES string of the molecule is CCCNC(=O)C1CCN(CC(=O)O)CC1. The Hall–Kier alpha value is -1.10. The highest BCUT2D eigenvalue weighted by Crippen LogP contribution is 2.16. The predicted octanol–water partition coefficient (Wildman–Crippen LogP) is 0.309. The van der Waals surface area contributed by atoms with E-state index in [-0.39, 0.29) is 18.4 Å². The molecular formula is C11H20N2O3. The summed E-state index contributed by atoms with van der Waals surface area (Å²) in [6.07, 6.45) is 2.48. The maximum absolute atomic E-state index is 11.6. The molecule has 0 spiro atoms. The minimum absolute atomic E-state index is 0.0663. The van der Waals surface area contributed by atoms with Crippen LogP contribution in [0.3, 0.4) is 0 Å². The van der Waals surface area contributed by atoms with Crippen LogP contribution >= 0.6 is 0 Å². The number of carboxylic acids is 1. The molecule has 0 aromatic carbocycles. The standard InChI is InChI=1S/C11H20N2O3/c1-2-5-12-11(16)9-3-6-13(7-4-9)8-10(14)15/h9H,2-8H2,1H3,(H,12,16)(H,14,15). The lowest BCUT2D eigenvalue weighted by molar-refractivity contribution is -0.138. The Labute approximate surface area is 95.8 Å². The number of carbonyl (C=O) groups is 2. The smallest absolute Gasteiger partial charge is 0.317 e. The number of likely N-dealkylation sites (tertiary alicyclic amines) is 1. The van der Waals surface area contributed by atoms with Crippen LogP contribution in [0.1, 0.15) is 26.2 Å². The van der Waals surface area contributed by atoms with Gasteiger partial charge in [-0.1, -0.05) is 6.92 Å². The van der Waals surface area contributed by atoms with Crippen molar-refractivity contribution in [2.24, 2.45) is 5.92 Å². The van der Waals surface area contributed by atoms with Gasteiger partial charge in [0.2, 0.25) is 5.91 Å². The first-order valence-corrected chi connectivity index (χ1v) is 5.85. The van der Waals surface area contributed by atoms with Crippen molar-refractivity contribution in [1.29, 1.82) is 0 Å². The first-order valence-electron chi connectivity index (χ1n) is 5.85. The summed E-state index contributed by atoms with van der Waals surface area (Å²) in [5.74, 6) is -0.609. The number of carboxylic acid groups (broad SMARTS) is 1. The quantitative estimate of drug-likeness (QED) is 0.710. The molecule has 1 heterocycles. The van der Waals surface area contributed by atoms with Gasteiger partial charge in [-0.25, -0.2) is 0 Å². The summed E-state index contributed by atoms with van der Waals surface area (Å²) in [6.45, 7) is 4.25. The van der Waals surface area contributed by atoms with Crippen molar-refractivity contribution < 1.29 is 14.7 Å². The number of amides is 1. The van der Waals surface area contributed by atoms with E-state index in [9.17, 15) is 9.59 Å². The summed E-state index contributed by atoms with van der Waals surface area (Å²) in [5, 5.41) is 11.5. The number of nitrogens with zero attached hydrogens (tertiary/aromatic N) is 1. The van der Waals surface area contributed by atoms with E-state index in [1.54, 1.807) is 0 Å². The molecule has 1 aliphatic heterocycles. The molecule has 0 radical (unpaired) electrons. The minimum atomic E-state index is -0.797. The van der Waals surface area contributed by atoms with E-state index in [1.165, 1.54) is 0 Å². The van der Waals surface area contributed by atoms with Gasteiger partial charge in [-0.15, -0.1) is 0 Å². The zero-order valence-electron chi connectivity index (χ0n) is 9.74. The number of hydrogen-bond donors (Lipinski definition) is 2. The lowest BCUT2D eigenvalue weighted by Gasteiger charge is -2.29. The topological polar surface area (TPSA) is 69.6 Å². The van der Waals surface area contributed by atoms with Gasteiger partial charge in [-0.2, -0.15) is 0 Å². The van der Waals surface area contributed by atoms with Crippen molar-refractivity contribution in [2.45, 2.75) is 26.2 Å². The molecule has 5 nitrogen and oxygen atoms in total. The van der Waals surface area contributed by atoms with E-state index >= 15 is 0 Å². The highest BCUT2D eigenvalue weighted by molar-refractivity contribution is 5.78. The highest BCUT2D eigenvalue weighted by atomic mass is 16.4. The van der Waals surface area contributed by atoms with E-state index in [1.807, 2.05) is 11.8 Å². The third-order valence-corrected chi connectivity index (χ3v) is 2.87. The number of nitrogens with one attached hydrogen (secondary N) is 1. The van der Waals surface area contributed by atoms with Gasteiger partial charge < -0.3 is 10.4 Å². The molecule has 92 valence electrons. The summed E-state index contributed by atoms with van der Waals surface area (Å²) in [4.78, 5) is 24.0. The Morgan fingerprint density at radius 3 is 2.50 bits per heavy atom. The van der Waals surface area contributed by atoms with Crippen molar-refractivity contribution in [3.63, 3.8) is 0 Å². The van der Waals surface area contributed by atoms with Gasteiger partial charge in [-0.05, 0) is 32.4 Å². The lowest BCUT2D eigenvalue weighted by atomic mass is 9.96. The second kappa shape index (κ2) is 6.48. The maximum Gasteiger partial charge on any atom is 0.317 e. The summed E-state index contributed by atoms with van der Waals surface area (Å²) in [6, 6.07) is 0. The highest BCUT2D eigenvalue weighted by Gasteiger charge is 2.25. The Morgan fingerprint density at radius 2 is 2.00 bits per heavy atom. The van der Waals surface area contributed by atoms with Crippen LogP contribution in [0.2, 0.25) is 0 Å². The number of hydrogen-bond acceptors (Lipinski definition) is 3. The van der Waals surface area contributed by atoms with Gasteiger partial charge >= 0.3 is 5.97 Å². The van der Waals surface area contributed by atoms with Crippen molar-refractivity contribution in [1.82, 2.24) is 10.2 Å². The van der Waals surface area contributed by atoms with Crippen LogP contribution in [0.5, 0.6) is 0 Å². The first kappa shape index (κ1) is 13.0. The molecule has 1 amide bonds. The zero-order chi connectivity index (χ0) is 12.0. The number of piperidine rings is 1. The fraction of sp³-hybridized carbons (Fsp3) is 0.818. The van der Waals surface area contributed by atoms with Crippen LogP contribution in [0.25, 0.3) is 0 Å². The van der Waals surface area contributed by atoms with Crippen molar-refractivity contribution >= 4 is 11.9 Å². The Morgan fingerprint density at radius 1 is 1.38 bits per heavy atom. The maximum atomic E-state index is 11.6. The minimum Gasteiger partial charge on any atom is -0.480 e.